The lowest BCUT2D eigenvalue weighted by Gasteiger charge is -2.11. The van der Waals surface area contributed by atoms with Crippen LogP contribution in [0.3, 0.4) is 0 Å². The normalized spacial score (nSPS) is 16.2. The largest absolute Gasteiger partial charge is 0.308 e. The summed E-state index contributed by atoms with van der Waals surface area (Å²) < 4.78 is 1.98. The monoisotopic (exact) mass is 209 g/mol. The van der Waals surface area contributed by atoms with Crippen molar-refractivity contribution in [2.24, 2.45) is 0 Å². The Morgan fingerprint density at radius 1 is 1.53 bits per heavy atom. The van der Waals surface area contributed by atoms with Gasteiger partial charge in [0.25, 0.3) is 0 Å². The Labute approximate surface area is 90.5 Å². The van der Waals surface area contributed by atoms with Gasteiger partial charge in [0.2, 0.25) is 0 Å². The fourth-order valence-electron chi connectivity index (χ4n) is 1.43. The molecule has 1 aliphatic rings. The van der Waals surface area contributed by atoms with Crippen molar-refractivity contribution in [2.75, 3.05) is 20.6 Å². The molecule has 1 aliphatic carbocycles. The van der Waals surface area contributed by atoms with Crippen LogP contribution in [0.4, 0.5) is 0 Å². The summed E-state index contributed by atoms with van der Waals surface area (Å²) in [4.78, 5) is 6.42. The Balaban J connectivity index is 1.83. The van der Waals surface area contributed by atoms with Crippen LogP contribution in [0.1, 0.15) is 18.7 Å². The van der Waals surface area contributed by atoms with Gasteiger partial charge in [-0.1, -0.05) is 0 Å². The van der Waals surface area contributed by atoms with Gasteiger partial charge in [0, 0.05) is 12.6 Å². The van der Waals surface area contributed by atoms with Gasteiger partial charge in [-0.3, -0.25) is 0 Å². The highest BCUT2D eigenvalue weighted by Crippen LogP contribution is 2.18. The lowest BCUT2D eigenvalue weighted by Crippen LogP contribution is -2.23. The summed E-state index contributed by atoms with van der Waals surface area (Å²) in [5, 5.41) is 7.68. The Hall–Kier alpha value is -0.940. The number of nitrogens with one attached hydrogen (secondary N) is 1. The molecule has 0 radical (unpaired) electrons. The third-order valence-corrected chi connectivity index (χ3v) is 2.58. The number of likely N-dealkylation sites (N-methyl/N-ethyl adjacent to an activating group) is 1. The van der Waals surface area contributed by atoms with Crippen molar-refractivity contribution in [1.82, 2.24) is 25.0 Å². The smallest absolute Gasteiger partial charge is 0.140 e. The molecule has 5 heteroatoms. The molecule has 0 unspecified atom stereocenters. The zero-order valence-corrected chi connectivity index (χ0v) is 9.48. The summed E-state index contributed by atoms with van der Waals surface area (Å²) in [6.07, 6.45) is 4.26. The standard InChI is InChI=1S/C10H19N5/c1-14(2)5-6-15-10(12-8-13-15)7-11-9-3-4-9/h8-9,11H,3-7H2,1-2H3. The van der Waals surface area contributed by atoms with Gasteiger partial charge >= 0.3 is 0 Å². The number of hydrogen-bond acceptors (Lipinski definition) is 4. The van der Waals surface area contributed by atoms with Gasteiger partial charge in [-0.25, -0.2) is 9.67 Å². The zero-order chi connectivity index (χ0) is 10.7. The second-order valence-electron chi connectivity index (χ2n) is 4.36. The van der Waals surface area contributed by atoms with Gasteiger partial charge < -0.3 is 10.2 Å². The lowest BCUT2D eigenvalue weighted by molar-refractivity contribution is 0.367. The maximum absolute atomic E-state index is 4.26. The minimum absolute atomic E-state index is 0.726. The molecule has 0 amide bonds. The van der Waals surface area contributed by atoms with Gasteiger partial charge in [0.15, 0.2) is 0 Å². The van der Waals surface area contributed by atoms with Crippen molar-refractivity contribution in [3.8, 4) is 0 Å². The molecule has 1 N–H and O–H groups in total. The van der Waals surface area contributed by atoms with E-state index in [2.05, 4.69) is 34.4 Å². The molecule has 0 bridgehead atoms. The van der Waals surface area contributed by atoms with E-state index in [0.717, 1.165) is 31.5 Å². The van der Waals surface area contributed by atoms with Crippen molar-refractivity contribution in [3.05, 3.63) is 12.2 Å². The van der Waals surface area contributed by atoms with Crippen LogP contribution in [0, 0.1) is 0 Å². The van der Waals surface area contributed by atoms with Gasteiger partial charge in [-0.15, -0.1) is 0 Å². The molecule has 0 aromatic carbocycles. The molecule has 5 nitrogen and oxygen atoms in total. The minimum Gasteiger partial charge on any atom is -0.308 e. The van der Waals surface area contributed by atoms with Crippen molar-refractivity contribution in [3.63, 3.8) is 0 Å². The first kappa shape index (κ1) is 10.6. The molecule has 0 spiro atoms. The second kappa shape index (κ2) is 4.72. The van der Waals surface area contributed by atoms with Crippen LogP contribution in [0.2, 0.25) is 0 Å². The van der Waals surface area contributed by atoms with E-state index in [0.29, 0.717) is 0 Å². The van der Waals surface area contributed by atoms with Crippen LogP contribution in [0.5, 0.6) is 0 Å². The number of hydrogen-bond donors (Lipinski definition) is 1. The van der Waals surface area contributed by atoms with Crippen LogP contribution in [0.15, 0.2) is 6.33 Å². The molecule has 84 valence electrons. The first-order valence-corrected chi connectivity index (χ1v) is 5.50. The number of aromatic nitrogens is 3. The minimum atomic E-state index is 0.726. The highest BCUT2D eigenvalue weighted by Gasteiger charge is 2.20. The molecule has 2 rings (SSSR count). The van der Waals surface area contributed by atoms with E-state index < -0.39 is 0 Å². The Morgan fingerprint density at radius 3 is 3.00 bits per heavy atom. The van der Waals surface area contributed by atoms with Crippen LogP contribution >= 0.6 is 0 Å². The molecule has 1 saturated carbocycles. The Kier molecular flexibility index (Phi) is 3.33. The maximum atomic E-state index is 4.26. The molecule has 0 atom stereocenters. The van der Waals surface area contributed by atoms with E-state index in [1.807, 2.05) is 4.68 Å². The Bertz CT molecular complexity index is 282. The fourth-order valence-corrected chi connectivity index (χ4v) is 1.43. The maximum Gasteiger partial charge on any atom is 0.140 e. The summed E-state index contributed by atoms with van der Waals surface area (Å²) in [5.74, 6) is 1.05. The predicted molar refractivity (Wildman–Crippen MR) is 58.4 cm³/mol. The summed E-state index contributed by atoms with van der Waals surface area (Å²) in [5.41, 5.74) is 0. The van der Waals surface area contributed by atoms with Gasteiger partial charge in [0.1, 0.15) is 12.2 Å². The highest BCUT2D eigenvalue weighted by atomic mass is 15.3. The van der Waals surface area contributed by atoms with E-state index in [1.54, 1.807) is 6.33 Å². The highest BCUT2D eigenvalue weighted by molar-refractivity contribution is 4.88. The molecule has 1 aromatic heterocycles. The fraction of sp³-hybridized carbons (Fsp3) is 0.800. The van der Waals surface area contributed by atoms with Crippen molar-refractivity contribution < 1.29 is 0 Å². The van der Waals surface area contributed by atoms with E-state index in [9.17, 15) is 0 Å². The molecule has 1 aromatic rings. The third-order valence-electron chi connectivity index (χ3n) is 2.58. The SMILES string of the molecule is CN(C)CCn1ncnc1CNC1CC1. The molecule has 1 heterocycles. The zero-order valence-electron chi connectivity index (χ0n) is 9.48. The lowest BCUT2D eigenvalue weighted by atomic mass is 10.5. The van der Waals surface area contributed by atoms with Crippen LogP contribution in [-0.2, 0) is 13.1 Å². The van der Waals surface area contributed by atoms with Gasteiger partial charge in [-0.05, 0) is 26.9 Å². The molecule has 0 aliphatic heterocycles. The average Bonchev–Trinajstić information content (AvgIpc) is 2.92. The van der Waals surface area contributed by atoms with E-state index in [-0.39, 0.29) is 0 Å². The van der Waals surface area contributed by atoms with E-state index in [4.69, 9.17) is 0 Å². The topological polar surface area (TPSA) is 46.0 Å². The molecule has 0 saturated heterocycles. The van der Waals surface area contributed by atoms with Crippen molar-refractivity contribution in [2.45, 2.75) is 32.0 Å². The quantitative estimate of drug-likeness (QED) is 0.721. The molecular formula is C10H19N5. The second-order valence-corrected chi connectivity index (χ2v) is 4.36. The van der Waals surface area contributed by atoms with E-state index in [1.165, 1.54) is 12.8 Å². The number of nitrogens with zero attached hydrogens (tertiary/aromatic N) is 4. The summed E-state index contributed by atoms with van der Waals surface area (Å²) in [6, 6.07) is 0.726. The predicted octanol–water partition coefficient (Wildman–Crippen LogP) is 0.0917. The summed E-state index contributed by atoms with van der Waals surface area (Å²) in [6.45, 7) is 2.76. The van der Waals surface area contributed by atoms with Crippen LogP contribution < -0.4 is 5.32 Å². The van der Waals surface area contributed by atoms with Gasteiger partial charge in [0.05, 0.1) is 13.1 Å². The molecule has 15 heavy (non-hydrogen) atoms. The molecular weight excluding hydrogens is 190 g/mol. The summed E-state index contributed by atoms with van der Waals surface area (Å²) in [7, 11) is 4.14. The van der Waals surface area contributed by atoms with Crippen LogP contribution in [-0.4, -0.2) is 46.3 Å². The van der Waals surface area contributed by atoms with E-state index >= 15 is 0 Å². The van der Waals surface area contributed by atoms with Crippen LogP contribution in [0.25, 0.3) is 0 Å². The van der Waals surface area contributed by atoms with Crippen molar-refractivity contribution >= 4 is 0 Å². The molecule has 1 fully saturated rings. The third kappa shape index (κ3) is 3.28. The summed E-state index contributed by atoms with van der Waals surface area (Å²) >= 11 is 0. The Morgan fingerprint density at radius 2 is 2.33 bits per heavy atom. The average molecular weight is 209 g/mol. The number of rotatable bonds is 6. The van der Waals surface area contributed by atoms with Crippen molar-refractivity contribution in [1.29, 1.82) is 0 Å². The first-order valence-electron chi connectivity index (χ1n) is 5.50. The van der Waals surface area contributed by atoms with Gasteiger partial charge in [-0.2, -0.15) is 5.10 Å². The first-order chi connectivity index (χ1) is 7.25.